The summed E-state index contributed by atoms with van der Waals surface area (Å²) in [6, 6.07) is -0.613. The van der Waals surface area contributed by atoms with Crippen molar-refractivity contribution in [1.29, 1.82) is 0 Å². The number of carbonyl (C=O) groups is 3. The maximum atomic E-state index is 11.8. The highest BCUT2D eigenvalue weighted by Gasteiger charge is 2.31. The largest absolute Gasteiger partial charge is 0.480 e. The van der Waals surface area contributed by atoms with E-state index in [4.69, 9.17) is 9.84 Å². The quantitative estimate of drug-likeness (QED) is 0.676. The Hall–Kier alpha value is -1.79. The van der Waals surface area contributed by atoms with Gasteiger partial charge in [0.25, 0.3) is 0 Å². The van der Waals surface area contributed by atoms with E-state index >= 15 is 0 Å². The lowest BCUT2D eigenvalue weighted by Gasteiger charge is -2.26. The highest BCUT2D eigenvalue weighted by molar-refractivity contribution is 5.87. The van der Waals surface area contributed by atoms with Crippen LogP contribution in [-0.4, -0.2) is 53.2 Å². The van der Waals surface area contributed by atoms with Crippen molar-refractivity contribution >= 4 is 18.0 Å². The highest BCUT2D eigenvalue weighted by Crippen LogP contribution is 2.03. The Kier molecular flexibility index (Phi) is 6.15. The molecule has 18 heavy (non-hydrogen) atoms. The number of amides is 2. The van der Waals surface area contributed by atoms with Gasteiger partial charge in [-0.15, -0.1) is 0 Å². The number of esters is 1. The van der Waals surface area contributed by atoms with Crippen LogP contribution in [0.1, 0.15) is 27.7 Å². The van der Waals surface area contributed by atoms with Gasteiger partial charge in [-0.25, -0.2) is 9.59 Å². The minimum absolute atomic E-state index is 0.203. The molecule has 2 N–H and O–H groups in total. The summed E-state index contributed by atoms with van der Waals surface area (Å²) >= 11 is 0. The molecule has 7 nitrogen and oxygen atoms in total. The van der Waals surface area contributed by atoms with Gasteiger partial charge in [-0.1, -0.05) is 0 Å². The first-order valence-electron chi connectivity index (χ1n) is 5.70. The van der Waals surface area contributed by atoms with Crippen LogP contribution in [0.25, 0.3) is 0 Å². The lowest BCUT2D eigenvalue weighted by molar-refractivity contribution is -0.143. The Morgan fingerprint density at radius 1 is 1.28 bits per heavy atom. The molecular formula is C11H20N2O5. The van der Waals surface area contributed by atoms with Crippen molar-refractivity contribution < 1.29 is 24.2 Å². The summed E-state index contributed by atoms with van der Waals surface area (Å²) in [5, 5.41) is 11.2. The third-order valence-corrected chi connectivity index (χ3v) is 2.25. The molecule has 0 heterocycles. The van der Waals surface area contributed by atoms with Crippen LogP contribution in [0.5, 0.6) is 0 Å². The Morgan fingerprint density at radius 3 is 2.22 bits per heavy atom. The number of aliphatic carboxylic acids is 1. The summed E-state index contributed by atoms with van der Waals surface area (Å²) in [5.74, 6) is -1.68. The minimum atomic E-state index is -1.39. The SMILES string of the molecule is CCOC(=O)CN(CC)C(=O)NC(C)(C)C(=O)O. The highest BCUT2D eigenvalue weighted by atomic mass is 16.5. The minimum Gasteiger partial charge on any atom is -0.480 e. The molecule has 7 heteroatoms. The molecule has 0 rings (SSSR count). The van der Waals surface area contributed by atoms with Gasteiger partial charge in [-0.2, -0.15) is 0 Å². The molecular weight excluding hydrogens is 240 g/mol. The van der Waals surface area contributed by atoms with Crippen LogP contribution in [0.4, 0.5) is 4.79 Å². The number of hydrogen-bond donors (Lipinski definition) is 2. The molecule has 0 saturated heterocycles. The number of nitrogens with one attached hydrogen (secondary N) is 1. The second kappa shape index (κ2) is 6.83. The maximum Gasteiger partial charge on any atom is 0.328 e. The van der Waals surface area contributed by atoms with Crippen molar-refractivity contribution in [2.75, 3.05) is 19.7 Å². The lowest BCUT2D eigenvalue weighted by atomic mass is 10.1. The monoisotopic (exact) mass is 260 g/mol. The number of urea groups is 1. The average molecular weight is 260 g/mol. The molecule has 0 spiro atoms. The van der Waals surface area contributed by atoms with Crippen LogP contribution >= 0.6 is 0 Å². The zero-order valence-electron chi connectivity index (χ0n) is 11.1. The van der Waals surface area contributed by atoms with Crippen molar-refractivity contribution in [3.05, 3.63) is 0 Å². The average Bonchev–Trinajstić information content (AvgIpc) is 2.25. The number of hydrogen-bond acceptors (Lipinski definition) is 4. The second-order valence-electron chi connectivity index (χ2n) is 4.18. The third-order valence-electron chi connectivity index (χ3n) is 2.25. The fourth-order valence-electron chi connectivity index (χ4n) is 1.09. The molecule has 0 aliphatic carbocycles. The van der Waals surface area contributed by atoms with Gasteiger partial charge in [0.05, 0.1) is 6.61 Å². The fraction of sp³-hybridized carbons (Fsp3) is 0.727. The first-order valence-corrected chi connectivity index (χ1v) is 5.70. The number of rotatable bonds is 6. The van der Waals surface area contributed by atoms with Crippen LogP contribution in [0, 0.1) is 0 Å². The predicted molar refractivity (Wildman–Crippen MR) is 64.1 cm³/mol. The molecule has 0 fully saturated rings. The number of carboxylic acid groups (broad SMARTS) is 1. The van der Waals surface area contributed by atoms with Gasteiger partial charge >= 0.3 is 18.0 Å². The number of carbonyl (C=O) groups excluding carboxylic acids is 2. The molecule has 0 aromatic rings. The van der Waals surface area contributed by atoms with Gasteiger partial charge in [-0.05, 0) is 27.7 Å². The number of carboxylic acids is 1. The summed E-state index contributed by atoms with van der Waals surface area (Å²) in [7, 11) is 0. The van der Waals surface area contributed by atoms with Gasteiger partial charge in [0.15, 0.2) is 0 Å². The number of likely N-dealkylation sites (N-methyl/N-ethyl adjacent to an activating group) is 1. The summed E-state index contributed by atoms with van der Waals surface area (Å²) in [5.41, 5.74) is -1.39. The Labute approximate surface area is 106 Å². The molecule has 0 bridgehead atoms. The molecule has 0 saturated carbocycles. The normalized spacial score (nSPS) is 10.7. The van der Waals surface area contributed by atoms with Gasteiger partial charge in [0.2, 0.25) is 0 Å². The van der Waals surface area contributed by atoms with Crippen LogP contribution in [0.15, 0.2) is 0 Å². The Bertz CT molecular complexity index is 327. The van der Waals surface area contributed by atoms with E-state index in [1.165, 1.54) is 18.7 Å². The number of ether oxygens (including phenoxy) is 1. The van der Waals surface area contributed by atoms with Gasteiger partial charge in [0, 0.05) is 6.54 Å². The van der Waals surface area contributed by atoms with Gasteiger partial charge < -0.3 is 20.1 Å². The summed E-state index contributed by atoms with van der Waals surface area (Å²) in [6.45, 7) is 6.40. The van der Waals surface area contributed by atoms with Crippen molar-refractivity contribution in [1.82, 2.24) is 10.2 Å². The van der Waals surface area contributed by atoms with Gasteiger partial charge in [-0.3, -0.25) is 4.79 Å². The zero-order chi connectivity index (χ0) is 14.3. The first kappa shape index (κ1) is 16.2. The van der Waals surface area contributed by atoms with Crippen LogP contribution in [0.2, 0.25) is 0 Å². The van der Waals surface area contributed by atoms with Crippen molar-refractivity contribution in [2.24, 2.45) is 0 Å². The number of nitrogens with zero attached hydrogens (tertiary/aromatic N) is 1. The smallest absolute Gasteiger partial charge is 0.328 e. The Morgan fingerprint density at radius 2 is 1.83 bits per heavy atom. The van der Waals surface area contributed by atoms with Gasteiger partial charge in [0.1, 0.15) is 12.1 Å². The maximum absolute atomic E-state index is 11.8. The van der Waals surface area contributed by atoms with E-state index in [0.29, 0.717) is 0 Å². The first-order chi connectivity index (χ1) is 8.24. The van der Waals surface area contributed by atoms with E-state index < -0.39 is 23.5 Å². The predicted octanol–water partition coefficient (Wildman–Crippen LogP) is 0.444. The van der Waals surface area contributed by atoms with Crippen molar-refractivity contribution in [3.63, 3.8) is 0 Å². The molecule has 0 unspecified atom stereocenters. The molecule has 0 aromatic heterocycles. The Balaban J connectivity index is 4.53. The van der Waals surface area contributed by atoms with Crippen LogP contribution in [0.3, 0.4) is 0 Å². The topological polar surface area (TPSA) is 95.9 Å². The summed E-state index contributed by atoms with van der Waals surface area (Å²) in [6.07, 6.45) is 0. The zero-order valence-corrected chi connectivity index (χ0v) is 11.1. The van der Waals surface area contributed by atoms with Crippen molar-refractivity contribution in [2.45, 2.75) is 33.2 Å². The van der Waals surface area contributed by atoms with Crippen LogP contribution < -0.4 is 5.32 Å². The van der Waals surface area contributed by atoms with E-state index in [0.717, 1.165) is 0 Å². The van der Waals surface area contributed by atoms with E-state index in [1.807, 2.05) is 0 Å². The van der Waals surface area contributed by atoms with E-state index in [1.54, 1.807) is 13.8 Å². The standard InChI is InChI=1S/C11H20N2O5/c1-5-13(7-8(14)18-6-2)10(17)12-11(3,4)9(15)16/h5-7H2,1-4H3,(H,12,17)(H,15,16). The lowest BCUT2D eigenvalue weighted by Crippen LogP contribution is -2.55. The second-order valence-corrected chi connectivity index (χ2v) is 4.18. The molecule has 0 atom stereocenters. The van der Waals surface area contributed by atoms with Crippen LogP contribution in [-0.2, 0) is 14.3 Å². The summed E-state index contributed by atoms with van der Waals surface area (Å²) < 4.78 is 4.73. The summed E-state index contributed by atoms with van der Waals surface area (Å²) in [4.78, 5) is 35.1. The molecule has 0 aliphatic rings. The fourth-order valence-corrected chi connectivity index (χ4v) is 1.09. The molecule has 0 aromatic carbocycles. The van der Waals surface area contributed by atoms with Crippen molar-refractivity contribution in [3.8, 4) is 0 Å². The van der Waals surface area contributed by atoms with E-state index in [9.17, 15) is 14.4 Å². The molecule has 0 radical (unpaired) electrons. The molecule has 2 amide bonds. The van der Waals surface area contributed by atoms with E-state index in [2.05, 4.69) is 5.32 Å². The third kappa shape index (κ3) is 5.03. The molecule has 104 valence electrons. The van der Waals surface area contributed by atoms with E-state index in [-0.39, 0.29) is 19.7 Å². The molecule has 0 aliphatic heterocycles.